The fourth-order valence-electron chi connectivity index (χ4n) is 2.18. The number of rotatable bonds is 5. The zero-order chi connectivity index (χ0) is 12.9. The van der Waals surface area contributed by atoms with E-state index in [0.29, 0.717) is 6.54 Å². The van der Waals surface area contributed by atoms with Crippen LogP contribution in [0.25, 0.3) is 0 Å². The second-order valence-corrected chi connectivity index (χ2v) is 6.66. The molecule has 0 radical (unpaired) electrons. The molecular formula is C11H21NO4S. The summed E-state index contributed by atoms with van der Waals surface area (Å²) in [7, 11) is -3.28. The minimum absolute atomic E-state index is 0.0485. The quantitative estimate of drug-likeness (QED) is 0.814. The van der Waals surface area contributed by atoms with Gasteiger partial charge in [0.2, 0.25) is 10.0 Å². The van der Waals surface area contributed by atoms with Crippen molar-refractivity contribution in [3.05, 3.63) is 0 Å². The highest BCUT2D eigenvalue weighted by molar-refractivity contribution is 7.89. The van der Waals surface area contributed by atoms with Gasteiger partial charge in [0, 0.05) is 19.0 Å². The fraction of sp³-hybridized carbons (Fsp3) is 0.909. The average Bonchev–Trinajstić information content (AvgIpc) is 2.42. The van der Waals surface area contributed by atoms with Crippen molar-refractivity contribution in [2.45, 2.75) is 51.5 Å². The van der Waals surface area contributed by atoms with Crippen molar-refractivity contribution in [3.8, 4) is 0 Å². The van der Waals surface area contributed by atoms with E-state index in [1.165, 1.54) is 0 Å². The zero-order valence-corrected chi connectivity index (χ0v) is 11.1. The number of hydrogen-bond acceptors (Lipinski definition) is 3. The average molecular weight is 263 g/mol. The molecule has 0 aromatic rings. The summed E-state index contributed by atoms with van der Waals surface area (Å²) in [5, 5.41) is 8.51. The van der Waals surface area contributed by atoms with Crippen LogP contribution in [0.1, 0.15) is 45.4 Å². The molecule has 1 fully saturated rings. The molecule has 17 heavy (non-hydrogen) atoms. The second-order valence-electron chi connectivity index (χ2n) is 4.62. The van der Waals surface area contributed by atoms with Crippen LogP contribution in [0.2, 0.25) is 0 Å². The van der Waals surface area contributed by atoms with Crippen LogP contribution in [0.4, 0.5) is 0 Å². The summed E-state index contributed by atoms with van der Waals surface area (Å²) in [6, 6.07) is 0.0485. The molecule has 1 unspecified atom stereocenters. The molecule has 1 aliphatic heterocycles. The van der Waals surface area contributed by atoms with Gasteiger partial charge in [-0.1, -0.05) is 12.8 Å². The molecule has 0 aliphatic carbocycles. The van der Waals surface area contributed by atoms with Crippen LogP contribution in [0.3, 0.4) is 0 Å². The third kappa shape index (κ3) is 4.63. The van der Waals surface area contributed by atoms with Gasteiger partial charge in [-0.3, -0.25) is 4.79 Å². The molecule has 1 aliphatic rings. The molecule has 5 nitrogen and oxygen atoms in total. The predicted octanol–water partition coefficient (Wildman–Crippen LogP) is 1.45. The largest absolute Gasteiger partial charge is 0.481 e. The van der Waals surface area contributed by atoms with Gasteiger partial charge in [-0.2, -0.15) is 4.31 Å². The van der Waals surface area contributed by atoms with Gasteiger partial charge in [-0.25, -0.2) is 8.42 Å². The number of carboxylic acid groups (broad SMARTS) is 1. The van der Waals surface area contributed by atoms with Crippen molar-refractivity contribution in [3.63, 3.8) is 0 Å². The summed E-state index contributed by atoms with van der Waals surface area (Å²) in [5.74, 6) is -0.993. The lowest BCUT2D eigenvalue weighted by atomic mass is 10.1. The monoisotopic (exact) mass is 263 g/mol. The Hall–Kier alpha value is -0.620. The maximum absolute atomic E-state index is 12.1. The Morgan fingerprint density at radius 3 is 2.71 bits per heavy atom. The molecule has 1 heterocycles. The molecule has 0 aromatic heterocycles. The van der Waals surface area contributed by atoms with Crippen LogP contribution in [0, 0.1) is 0 Å². The first-order valence-electron chi connectivity index (χ1n) is 6.15. The molecule has 0 aromatic carbocycles. The topological polar surface area (TPSA) is 74.7 Å². The molecule has 0 spiro atoms. The number of aliphatic carboxylic acids is 1. The first-order valence-corrected chi connectivity index (χ1v) is 7.76. The van der Waals surface area contributed by atoms with E-state index in [-0.39, 0.29) is 24.6 Å². The Morgan fingerprint density at radius 2 is 2.06 bits per heavy atom. The normalized spacial score (nSPS) is 23.2. The molecule has 1 saturated heterocycles. The molecule has 0 saturated carbocycles. The maximum Gasteiger partial charge on any atom is 0.303 e. The lowest BCUT2D eigenvalue weighted by Crippen LogP contribution is -2.39. The smallest absolute Gasteiger partial charge is 0.303 e. The number of hydrogen-bond donors (Lipinski definition) is 1. The summed E-state index contributed by atoms with van der Waals surface area (Å²) in [4.78, 5) is 10.4. The Balaban J connectivity index is 2.57. The molecule has 0 amide bonds. The zero-order valence-electron chi connectivity index (χ0n) is 10.3. The second kappa shape index (κ2) is 6.35. The number of carboxylic acids is 1. The van der Waals surface area contributed by atoms with Gasteiger partial charge < -0.3 is 5.11 Å². The summed E-state index contributed by atoms with van der Waals surface area (Å²) in [5.41, 5.74) is 0. The van der Waals surface area contributed by atoms with Crippen molar-refractivity contribution in [1.82, 2.24) is 4.31 Å². The Kier molecular flexibility index (Phi) is 5.39. The highest BCUT2D eigenvalue weighted by atomic mass is 32.2. The first kappa shape index (κ1) is 14.4. The van der Waals surface area contributed by atoms with Crippen LogP contribution in [-0.2, 0) is 14.8 Å². The molecule has 0 bridgehead atoms. The van der Waals surface area contributed by atoms with Crippen LogP contribution in [-0.4, -0.2) is 42.1 Å². The van der Waals surface area contributed by atoms with E-state index in [0.717, 1.165) is 25.7 Å². The number of sulfonamides is 1. The summed E-state index contributed by atoms with van der Waals surface area (Å²) >= 11 is 0. The minimum atomic E-state index is -3.28. The first-order chi connectivity index (χ1) is 7.93. The Labute approximate surface area is 103 Å². The molecule has 6 heteroatoms. The van der Waals surface area contributed by atoms with E-state index in [1.54, 1.807) is 4.31 Å². The summed E-state index contributed by atoms with van der Waals surface area (Å²) in [6.07, 6.45) is 4.07. The molecular weight excluding hydrogens is 242 g/mol. The van der Waals surface area contributed by atoms with Crippen molar-refractivity contribution >= 4 is 16.0 Å². The minimum Gasteiger partial charge on any atom is -0.481 e. The van der Waals surface area contributed by atoms with Gasteiger partial charge in [0.1, 0.15) is 0 Å². The van der Waals surface area contributed by atoms with Gasteiger partial charge >= 0.3 is 5.97 Å². The summed E-state index contributed by atoms with van der Waals surface area (Å²) in [6.45, 7) is 2.51. The summed E-state index contributed by atoms with van der Waals surface area (Å²) < 4.78 is 25.7. The highest BCUT2D eigenvalue weighted by Gasteiger charge is 2.27. The van der Waals surface area contributed by atoms with Crippen molar-refractivity contribution < 1.29 is 18.3 Å². The van der Waals surface area contributed by atoms with E-state index >= 15 is 0 Å². The van der Waals surface area contributed by atoms with Crippen molar-refractivity contribution in [2.75, 3.05) is 12.3 Å². The van der Waals surface area contributed by atoms with Crippen LogP contribution in [0.15, 0.2) is 0 Å². The number of nitrogens with zero attached hydrogens (tertiary/aromatic N) is 1. The SMILES string of the molecule is CC1CCCCCN1S(=O)(=O)CCCC(=O)O. The van der Waals surface area contributed by atoms with E-state index in [1.807, 2.05) is 6.92 Å². The third-order valence-electron chi connectivity index (χ3n) is 3.14. The lowest BCUT2D eigenvalue weighted by molar-refractivity contribution is -0.137. The number of carbonyl (C=O) groups is 1. The molecule has 100 valence electrons. The molecule has 1 atom stereocenters. The Morgan fingerprint density at radius 1 is 1.35 bits per heavy atom. The van der Waals surface area contributed by atoms with E-state index in [4.69, 9.17) is 5.11 Å². The third-order valence-corrected chi connectivity index (χ3v) is 5.20. The van der Waals surface area contributed by atoms with Crippen LogP contribution in [0.5, 0.6) is 0 Å². The molecule has 1 N–H and O–H groups in total. The van der Waals surface area contributed by atoms with Crippen LogP contribution < -0.4 is 0 Å². The lowest BCUT2D eigenvalue weighted by Gasteiger charge is -2.26. The van der Waals surface area contributed by atoms with Gasteiger partial charge in [-0.05, 0) is 26.2 Å². The van der Waals surface area contributed by atoms with E-state index < -0.39 is 16.0 Å². The standard InChI is InChI=1S/C11H21NO4S/c1-10-6-3-2-4-8-12(10)17(15,16)9-5-7-11(13)14/h10H,2-9H2,1H3,(H,13,14). The van der Waals surface area contributed by atoms with E-state index in [9.17, 15) is 13.2 Å². The van der Waals surface area contributed by atoms with Crippen molar-refractivity contribution in [1.29, 1.82) is 0 Å². The molecule has 1 rings (SSSR count). The predicted molar refractivity (Wildman–Crippen MR) is 65.3 cm³/mol. The van der Waals surface area contributed by atoms with Crippen LogP contribution >= 0.6 is 0 Å². The van der Waals surface area contributed by atoms with Crippen molar-refractivity contribution in [2.24, 2.45) is 0 Å². The fourth-order valence-corrected chi connectivity index (χ4v) is 3.99. The van der Waals surface area contributed by atoms with E-state index in [2.05, 4.69) is 0 Å². The van der Waals surface area contributed by atoms with Gasteiger partial charge in [0.15, 0.2) is 0 Å². The Bertz CT molecular complexity index is 352. The van der Waals surface area contributed by atoms with Gasteiger partial charge in [0.25, 0.3) is 0 Å². The van der Waals surface area contributed by atoms with Gasteiger partial charge in [0.05, 0.1) is 5.75 Å². The maximum atomic E-state index is 12.1. The highest BCUT2D eigenvalue weighted by Crippen LogP contribution is 2.20. The van der Waals surface area contributed by atoms with Gasteiger partial charge in [-0.15, -0.1) is 0 Å².